The van der Waals surface area contributed by atoms with Gasteiger partial charge in [0.05, 0.1) is 26.5 Å². The van der Waals surface area contributed by atoms with Gasteiger partial charge in [0.1, 0.15) is 11.5 Å². The lowest BCUT2D eigenvalue weighted by Crippen LogP contribution is -2.39. The van der Waals surface area contributed by atoms with E-state index in [-0.39, 0.29) is 0 Å². The van der Waals surface area contributed by atoms with E-state index < -0.39 is 0 Å². The number of guanidine groups is 1. The molecule has 0 saturated heterocycles. The molecule has 0 amide bonds. The molecule has 0 atom stereocenters. The third-order valence-electron chi connectivity index (χ3n) is 4.35. The largest absolute Gasteiger partial charge is 0.497 e. The highest BCUT2D eigenvalue weighted by Gasteiger charge is 2.09. The Morgan fingerprint density at radius 2 is 1.69 bits per heavy atom. The minimum Gasteiger partial charge on any atom is -0.497 e. The van der Waals surface area contributed by atoms with E-state index in [0.717, 1.165) is 28.4 Å². The first-order valence-electron chi connectivity index (χ1n) is 9.94. The zero-order chi connectivity index (χ0) is 22.9. The SMILES string of the molecule is COc1cccc(CN=C(NC(=S)Nc2ccccc2OC)Nc2nc(C)cc(C)n2)c1. The first-order valence-corrected chi connectivity index (χ1v) is 10.4. The van der Waals surface area contributed by atoms with E-state index in [9.17, 15) is 0 Å². The number of nitrogens with one attached hydrogen (secondary N) is 3. The Bertz CT molecular complexity index is 1100. The van der Waals surface area contributed by atoms with E-state index in [4.69, 9.17) is 21.7 Å². The van der Waals surface area contributed by atoms with Crippen molar-refractivity contribution in [2.24, 2.45) is 4.99 Å². The molecule has 3 N–H and O–H groups in total. The van der Waals surface area contributed by atoms with Gasteiger partial charge in [0.2, 0.25) is 11.9 Å². The van der Waals surface area contributed by atoms with Crippen molar-refractivity contribution >= 4 is 34.9 Å². The number of aromatic nitrogens is 2. The minimum atomic E-state index is 0.343. The Labute approximate surface area is 193 Å². The van der Waals surface area contributed by atoms with Crippen LogP contribution in [0, 0.1) is 13.8 Å². The van der Waals surface area contributed by atoms with Crippen LogP contribution in [0.5, 0.6) is 11.5 Å². The summed E-state index contributed by atoms with van der Waals surface area (Å²) in [5.74, 6) is 2.29. The molecule has 0 saturated carbocycles. The van der Waals surface area contributed by atoms with Crippen LogP contribution in [0.1, 0.15) is 17.0 Å². The standard InChI is InChI=1S/C23H26N6O2S/c1-15-12-16(2)26-22(25-15)28-21(24-14-17-8-7-9-18(13-17)30-3)29-23(32)27-19-10-5-6-11-20(19)31-4/h5-13H,14H2,1-4H3,(H3,24,25,26,27,28,29,32). The first kappa shape index (κ1) is 23.0. The van der Waals surface area contributed by atoms with Crippen LogP contribution in [-0.2, 0) is 6.54 Å². The normalized spacial score (nSPS) is 10.9. The molecule has 0 aliphatic carbocycles. The Hall–Kier alpha value is -3.72. The summed E-state index contributed by atoms with van der Waals surface area (Å²) in [6.45, 7) is 4.22. The van der Waals surface area contributed by atoms with Crippen molar-refractivity contribution in [3.8, 4) is 11.5 Å². The molecule has 166 valence electrons. The molecular formula is C23H26N6O2S. The molecule has 0 bridgehead atoms. The van der Waals surface area contributed by atoms with Crippen LogP contribution >= 0.6 is 12.2 Å². The van der Waals surface area contributed by atoms with Gasteiger partial charge in [-0.2, -0.15) is 0 Å². The van der Waals surface area contributed by atoms with Gasteiger partial charge in [0, 0.05) is 11.4 Å². The van der Waals surface area contributed by atoms with Crippen molar-refractivity contribution in [1.29, 1.82) is 0 Å². The van der Waals surface area contributed by atoms with Crippen molar-refractivity contribution in [1.82, 2.24) is 15.3 Å². The molecule has 0 radical (unpaired) electrons. The topological polar surface area (TPSA) is 92.7 Å². The highest BCUT2D eigenvalue weighted by atomic mass is 32.1. The number of nitrogens with zero attached hydrogens (tertiary/aromatic N) is 3. The average Bonchev–Trinajstić information content (AvgIpc) is 2.77. The second-order valence-electron chi connectivity index (χ2n) is 6.90. The summed E-state index contributed by atoms with van der Waals surface area (Å²) in [5.41, 5.74) is 3.42. The molecule has 2 aromatic carbocycles. The number of aryl methyl sites for hydroxylation is 2. The fourth-order valence-electron chi connectivity index (χ4n) is 2.95. The zero-order valence-electron chi connectivity index (χ0n) is 18.5. The molecule has 3 rings (SSSR count). The van der Waals surface area contributed by atoms with Crippen molar-refractivity contribution in [3.63, 3.8) is 0 Å². The van der Waals surface area contributed by atoms with Crippen LogP contribution in [0.15, 0.2) is 59.6 Å². The van der Waals surface area contributed by atoms with E-state index >= 15 is 0 Å². The van der Waals surface area contributed by atoms with Crippen LogP contribution in [0.2, 0.25) is 0 Å². The summed E-state index contributed by atoms with van der Waals surface area (Å²) in [7, 11) is 3.24. The van der Waals surface area contributed by atoms with E-state index in [0.29, 0.717) is 29.3 Å². The number of hydrogen-bond acceptors (Lipinski definition) is 6. The van der Waals surface area contributed by atoms with E-state index in [1.807, 2.05) is 68.4 Å². The summed E-state index contributed by atoms with van der Waals surface area (Å²) in [6, 6.07) is 17.1. The number of rotatable bonds is 6. The summed E-state index contributed by atoms with van der Waals surface area (Å²) >= 11 is 5.50. The third kappa shape index (κ3) is 6.64. The molecule has 0 spiro atoms. The Balaban J connectivity index is 1.80. The van der Waals surface area contributed by atoms with E-state index in [1.165, 1.54) is 0 Å². The van der Waals surface area contributed by atoms with E-state index in [2.05, 4.69) is 30.9 Å². The molecule has 0 aliphatic heterocycles. The lowest BCUT2D eigenvalue weighted by molar-refractivity contribution is 0.414. The first-order chi connectivity index (χ1) is 15.5. The maximum atomic E-state index is 5.50. The lowest BCUT2D eigenvalue weighted by atomic mass is 10.2. The Morgan fingerprint density at radius 1 is 0.938 bits per heavy atom. The fraction of sp³-hybridized carbons (Fsp3) is 0.217. The predicted octanol–water partition coefficient (Wildman–Crippen LogP) is 4.07. The van der Waals surface area contributed by atoms with Crippen molar-refractivity contribution in [3.05, 3.63) is 71.5 Å². The second kappa shape index (κ2) is 11.1. The summed E-state index contributed by atoms with van der Waals surface area (Å²) in [6.07, 6.45) is 0. The quantitative estimate of drug-likeness (QED) is 0.294. The number of para-hydroxylation sites is 2. The highest BCUT2D eigenvalue weighted by molar-refractivity contribution is 7.80. The molecular weight excluding hydrogens is 424 g/mol. The van der Waals surface area contributed by atoms with Gasteiger partial charge in [0.25, 0.3) is 0 Å². The van der Waals surface area contributed by atoms with Crippen LogP contribution < -0.4 is 25.4 Å². The minimum absolute atomic E-state index is 0.343. The smallest absolute Gasteiger partial charge is 0.229 e. The Morgan fingerprint density at radius 3 is 2.41 bits per heavy atom. The molecule has 3 aromatic rings. The van der Waals surface area contributed by atoms with Gasteiger partial charge < -0.3 is 20.1 Å². The van der Waals surface area contributed by atoms with Gasteiger partial charge in [-0.05, 0) is 62.0 Å². The third-order valence-corrected chi connectivity index (χ3v) is 4.56. The number of hydrogen-bond donors (Lipinski definition) is 3. The van der Waals surface area contributed by atoms with Crippen LogP contribution in [-0.4, -0.2) is 35.3 Å². The summed E-state index contributed by atoms with van der Waals surface area (Å²) < 4.78 is 10.7. The van der Waals surface area contributed by atoms with Gasteiger partial charge >= 0.3 is 0 Å². The van der Waals surface area contributed by atoms with Gasteiger partial charge in [-0.1, -0.05) is 24.3 Å². The van der Waals surface area contributed by atoms with Gasteiger partial charge in [0.15, 0.2) is 5.11 Å². The zero-order valence-corrected chi connectivity index (χ0v) is 19.3. The van der Waals surface area contributed by atoms with Crippen molar-refractivity contribution in [2.45, 2.75) is 20.4 Å². The van der Waals surface area contributed by atoms with Crippen molar-refractivity contribution in [2.75, 3.05) is 24.9 Å². The van der Waals surface area contributed by atoms with Crippen LogP contribution in [0.3, 0.4) is 0 Å². The molecule has 0 fully saturated rings. The number of thiocarbonyl (C=S) groups is 1. The van der Waals surface area contributed by atoms with Gasteiger partial charge in [-0.25, -0.2) is 15.0 Å². The molecule has 32 heavy (non-hydrogen) atoms. The summed E-state index contributed by atoms with van der Waals surface area (Å²) in [4.78, 5) is 13.5. The fourth-order valence-corrected chi connectivity index (χ4v) is 3.15. The second-order valence-corrected chi connectivity index (χ2v) is 7.30. The maximum absolute atomic E-state index is 5.50. The monoisotopic (exact) mass is 450 g/mol. The van der Waals surface area contributed by atoms with Crippen LogP contribution in [0.4, 0.5) is 11.6 Å². The number of benzene rings is 2. The summed E-state index contributed by atoms with van der Waals surface area (Å²) in [5, 5.41) is 9.70. The molecule has 9 heteroatoms. The van der Waals surface area contributed by atoms with E-state index in [1.54, 1.807) is 14.2 Å². The average molecular weight is 451 g/mol. The van der Waals surface area contributed by atoms with Gasteiger partial charge in [-0.15, -0.1) is 0 Å². The molecule has 1 heterocycles. The number of ether oxygens (including phenoxy) is 2. The molecule has 8 nitrogen and oxygen atoms in total. The number of methoxy groups -OCH3 is 2. The van der Waals surface area contributed by atoms with Crippen LogP contribution in [0.25, 0.3) is 0 Å². The van der Waals surface area contributed by atoms with Gasteiger partial charge in [-0.3, -0.25) is 5.32 Å². The molecule has 0 unspecified atom stereocenters. The highest BCUT2D eigenvalue weighted by Crippen LogP contribution is 2.22. The number of anilines is 2. The predicted molar refractivity (Wildman–Crippen MR) is 132 cm³/mol. The lowest BCUT2D eigenvalue weighted by Gasteiger charge is -2.15. The maximum Gasteiger partial charge on any atom is 0.229 e. The molecule has 1 aromatic heterocycles. The Kier molecular flexibility index (Phi) is 7.93. The van der Waals surface area contributed by atoms with Crippen molar-refractivity contribution < 1.29 is 9.47 Å². The molecule has 0 aliphatic rings. The number of aliphatic imine (C=N–C) groups is 1.